The molecular formula is C43H50N6O6. The summed E-state index contributed by atoms with van der Waals surface area (Å²) in [4.78, 5) is 58.5. The lowest BCUT2D eigenvalue weighted by molar-refractivity contribution is -0.385. The highest BCUT2D eigenvalue weighted by atomic mass is 16.6. The van der Waals surface area contributed by atoms with Crippen LogP contribution in [-0.4, -0.2) is 107 Å². The van der Waals surface area contributed by atoms with Crippen molar-refractivity contribution in [2.75, 3.05) is 65.4 Å². The topological polar surface area (TPSA) is 133 Å². The molecule has 12 heteroatoms. The summed E-state index contributed by atoms with van der Waals surface area (Å²) in [5.41, 5.74) is 10.5. The fourth-order valence-electron chi connectivity index (χ4n) is 7.74. The van der Waals surface area contributed by atoms with Crippen LogP contribution < -0.4 is 0 Å². The first-order valence-electron chi connectivity index (χ1n) is 19.0. The second-order valence-electron chi connectivity index (χ2n) is 15.1. The molecule has 0 N–H and O–H groups in total. The standard InChI is InChI=1S/C43H50N6O6/c1-28-22-34(23-29(2)32(28)5)38-10-8-36(48(52)53)26-40(38)42(50)46-18-14-44(15-19-46)12-7-13-45-16-20-47(21-17-45)43(51)41-27-37(49(54)55)9-11-39(41)35-24-30(3)33(6)31(4)25-35/h8-11,22-27H,7,12-21H2,1-6H3. The highest BCUT2D eigenvalue weighted by Gasteiger charge is 2.28. The Balaban J connectivity index is 1.02. The van der Waals surface area contributed by atoms with Crippen molar-refractivity contribution in [2.24, 2.45) is 0 Å². The number of aryl methyl sites for hydroxylation is 4. The SMILES string of the molecule is Cc1cc(-c2ccc([N+](=O)[O-])cc2C(=O)N2CCN(CCCN3CCN(C(=O)c4cc([N+](=O)[O-])ccc4-c4cc(C)c(C)c(C)c4)CC3)CC2)cc(C)c1C. The quantitative estimate of drug-likeness (QED) is 0.122. The number of nitro groups is 2. The third kappa shape index (κ3) is 8.60. The molecule has 0 radical (unpaired) electrons. The summed E-state index contributed by atoms with van der Waals surface area (Å²) in [6.45, 7) is 19.0. The number of hydrogen-bond donors (Lipinski definition) is 0. The molecule has 0 spiro atoms. The molecule has 288 valence electrons. The van der Waals surface area contributed by atoms with Gasteiger partial charge in [0.2, 0.25) is 0 Å². The van der Waals surface area contributed by atoms with Gasteiger partial charge in [-0.1, -0.05) is 24.3 Å². The van der Waals surface area contributed by atoms with E-state index in [1.54, 1.807) is 21.9 Å². The molecule has 0 aromatic heterocycles. The summed E-state index contributed by atoms with van der Waals surface area (Å²) in [6, 6.07) is 17.3. The molecule has 0 atom stereocenters. The van der Waals surface area contributed by atoms with Gasteiger partial charge >= 0.3 is 0 Å². The van der Waals surface area contributed by atoms with Crippen LogP contribution in [0.25, 0.3) is 22.3 Å². The van der Waals surface area contributed by atoms with Crippen LogP contribution in [0.3, 0.4) is 0 Å². The molecule has 4 aromatic rings. The summed E-state index contributed by atoms with van der Waals surface area (Å²) in [5.74, 6) is -0.383. The largest absolute Gasteiger partial charge is 0.336 e. The van der Waals surface area contributed by atoms with Gasteiger partial charge in [0.05, 0.1) is 21.0 Å². The lowest BCUT2D eigenvalue weighted by atomic mass is 9.93. The van der Waals surface area contributed by atoms with Crippen LogP contribution in [0.15, 0.2) is 60.7 Å². The molecule has 0 aliphatic carbocycles. The molecule has 4 aromatic carbocycles. The molecule has 2 saturated heterocycles. The van der Waals surface area contributed by atoms with Gasteiger partial charge in [0.15, 0.2) is 0 Å². The van der Waals surface area contributed by atoms with Crippen molar-refractivity contribution in [3.8, 4) is 22.3 Å². The average Bonchev–Trinajstić information content (AvgIpc) is 3.18. The van der Waals surface area contributed by atoms with Crippen LogP contribution in [0.1, 0.15) is 60.5 Å². The highest BCUT2D eigenvalue weighted by Crippen LogP contribution is 2.33. The molecule has 0 saturated carbocycles. The van der Waals surface area contributed by atoms with Gasteiger partial charge in [-0.3, -0.25) is 39.6 Å². The van der Waals surface area contributed by atoms with E-state index in [1.165, 1.54) is 35.4 Å². The van der Waals surface area contributed by atoms with Gasteiger partial charge in [-0.2, -0.15) is 0 Å². The fraction of sp³-hybridized carbons (Fsp3) is 0.395. The number of nitrogens with zero attached hydrogens (tertiary/aromatic N) is 6. The van der Waals surface area contributed by atoms with Crippen molar-refractivity contribution in [1.29, 1.82) is 0 Å². The molecule has 0 unspecified atom stereocenters. The smallest absolute Gasteiger partial charge is 0.270 e. The molecule has 2 amide bonds. The van der Waals surface area contributed by atoms with Crippen molar-refractivity contribution in [2.45, 2.75) is 48.0 Å². The number of rotatable bonds is 10. The summed E-state index contributed by atoms with van der Waals surface area (Å²) >= 11 is 0. The summed E-state index contributed by atoms with van der Waals surface area (Å²) in [5, 5.41) is 23.3. The van der Waals surface area contributed by atoms with E-state index < -0.39 is 9.85 Å². The maximum Gasteiger partial charge on any atom is 0.270 e. The monoisotopic (exact) mass is 746 g/mol. The van der Waals surface area contributed by atoms with Crippen LogP contribution in [0, 0.1) is 61.8 Å². The van der Waals surface area contributed by atoms with Crippen molar-refractivity contribution in [3.05, 3.63) is 125 Å². The number of hydrogen-bond acceptors (Lipinski definition) is 8. The minimum absolute atomic E-state index is 0.0994. The second-order valence-corrected chi connectivity index (χ2v) is 15.1. The van der Waals surface area contributed by atoms with Gasteiger partial charge in [-0.25, -0.2) is 0 Å². The highest BCUT2D eigenvalue weighted by molar-refractivity contribution is 6.02. The zero-order valence-corrected chi connectivity index (χ0v) is 32.7. The minimum Gasteiger partial charge on any atom is -0.336 e. The molecule has 55 heavy (non-hydrogen) atoms. The van der Waals surface area contributed by atoms with E-state index in [2.05, 4.69) is 23.6 Å². The van der Waals surface area contributed by atoms with Gasteiger partial charge in [0, 0.05) is 76.6 Å². The van der Waals surface area contributed by atoms with Gasteiger partial charge < -0.3 is 9.80 Å². The number of nitro benzene ring substituents is 2. The number of benzene rings is 4. The van der Waals surface area contributed by atoms with E-state index >= 15 is 0 Å². The summed E-state index contributed by atoms with van der Waals surface area (Å²) < 4.78 is 0. The van der Waals surface area contributed by atoms with Crippen LogP contribution in [0.4, 0.5) is 11.4 Å². The summed E-state index contributed by atoms with van der Waals surface area (Å²) in [7, 11) is 0. The van der Waals surface area contributed by atoms with E-state index in [0.29, 0.717) is 74.6 Å². The van der Waals surface area contributed by atoms with E-state index in [0.717, 1.165) is 52.9 Å². The Morgan fingerprint density at radius 1 is 0.527 bits per heavy atom. The number of carbonyl (C=O) groups excluding carboxylic acids is 2. The maximum atomic E-state index is 13.9. The first-order chi connectivity index (χ1) is 26.2. The van der Waals surface area contributed by atoms with Crippen LogP contribution in [0.2, 0.25) is 0 Å². The van der Waals surface area contributed by atoms with Gasteiger partial charge in [0.1, 0.15) is 0 Å². The van der Waals surface area contributed by atoms with Gasteiger partial charge in [0.25, 0.3) is 23.2 Å². The summed E-state index contributed by atoms with van der Waals surface area (Å²) in [6.07, 6.45) is 0.935. The lowest BCUT2D eigenvalue weighted by Gasteiger charge is -2.37. The Labute approximate surface area is 322 Å². The first-order valence-corrected chi connectivity index (χ1v) is 19.0. The Hall–Kier alpha value is -5.46. The second kappa shape index (κ2) is 16.5. The predicted molar refractivity (Wildman–Crippen MR) is 215 cm³/mol. The zero-order valence-electron chi connectivity index (χ0n) is 32.7. The molecule has 0 bridgehead atoms. The third-order valence-electron chi connectivity index (χ3n) is 11.6. The fourth-order valence-corrected chi connectivity index (χ4v) is 7.74. The molecule has 2 fully saturated rings. The van der Waals surface area contributed by atoms with Gasteiger partial charge in [-0.05, 0) is 129 Å². The minimum atomic E-state index is -0.455. The first kappa shape index (κ1) is 39.2. The van der Waals surface area contributed by atoms with Crippen LogP contribution >= 0.6 is 0 Å². The molecule has 2 heterocycles. The number of non-ortho nitro benzene ring substituents is 2. The van der Waals surface area contributed by atoms with Gasteiger partial charge in [-0.15, -0.1) is 0 Å². The Morgan fingerprint density at radius 3 is 1.16 bits per heavy atom. The molecule has 2 aliphatic heterocycles. The zero-order chi connectivity index (χ0) is 39.6. The van der Waals surface area contributed by atoms with E-state index in [4.69, 9.17) is 0 Å². The van der Waals surface area contributed by atoms with E-state index in [1.807, 2.05) is 52.0 Å². The third-order valence-corrected chi connectivity index (χ3v) is 11.6. The lowest BCUT2D eigenvalue weighted by Crippen LogP contribution is -2.50. The van der Waals surface area contributed by atoms with Crippen LogP contribution in [-0.2, 0) is 0 Å². The average molecular weight is 747 g/mol. The van der Waals surface area contributed by atoms with Crippen molar-refractivity contribution < 1.29 is 19.4 Å². The number of carbonyl (C=O) groups is 2. The van der Waals surface area contributed by atoms with Crippen molar-refractivity contribution in [1.82, 2.24) is 19.6 Å². The van der Waals surface area contributed by atoms with Crippen LogP contribution in [0.5, 0.6) is 0 Å². The number of piperazine rings is 2. The van der Waals surface area contributed by atoms with E-state index in [-0.39, 0.29) is 23.2 Å². The molecule has 2 aliphatic rings. The predicted octanol–water partition coefficient (Wildman–Crippen LogP) is 7.29. The maximum absolute atomic E-state index is 13.9. The van der Waals surface area contributed by atoms with Crippen molar-refractivity contribution >= 4 is 23.2 Å². The normalized spacial score (nSPS) is 15.3. The molecule has 12 nitrogen and oxygen atoms in total. The molecule has 6 rings (SSSR count). The molecular weight excluding hydrogens is 697 g/mol. The number of amides is 2. The Bertz CT molecular complexity index is 1950. The Kier molecular flexibility index (Phi) is 11.8. The van der Waals surface area contributed by atoms with E-state index in [9.17, 15) is 29.8 Å². The Morgan fingerprint density at radius 2 is 0.855 bits per heavy atom. The van der Waals surface area contributed by atoms with Crippen molar-refractivity contribution in [3.63, 3.8) is 0 Å².